The van der Waals surface area contributed by atoms with Crippen LogP contribution in [-0.2, 0) is 14.3 Å². The molecule has 6 heteroatoms. The molecule has 0 fully saturated rings. The van der Waals surface area contributed by atoms with Crippen molar-refractivity contribution in [3.05, 3.63) is 18.3 Å². The Labute approximate surface area is 104 Å². The van der Waals surface area contributed by atoms with E-state index in [1.54, 1.807) is 32.2 Å². The van der Waals surface area contributed by atoms with Gasteiger partial charge in [0, 0.05) is 6.20 Å². The Morgan fingerprint density at radius 3 is 2.94 bits per heavy atom. The van der Waals surface area contributed by atoms with Crippen LogP contribution in [0.15, 0.2) is 18.3 Å². The molecule has 0 bridgehead atoms. The highest BCUT2D eigenvalue weighted by molar-refractivity contribution is 6.00. The van der Waals surface area contributed by atoms with E-state index in [2.05, 4.69) is 15.0 Å². The van der Waals surface area contributed by atoms with Gasteiger partial charge in [-0.25, -0.2) is 4.98 Å². The molecule has 0 saturated heterocycles. The van der Waals surface area contributed by atoms with Crippen LogP contribution in [0.4, 0.5) is 5.82 Å². The lowest BCUT2D eigenvalue weighted by Crippen LogP contribution is -2.51. The molecule has 1 N–H and O–H groups in total. The molecule has 2 rings (SSSR count). The van der Waals surface area contributed by atoms with Gasteiger partial charge in [-0.1, -0.05) is 0 Å². The summed E-state index contributed by atoms with van der Waals surface area (Å²) < 4.78 is 10.2. The van der Waals surface area contributed by atoms with E-state index in [-0.39, 0.29) is 0 Å². The summed E-state index contributed by atoms with van der Waals surface area (Å²) in [5.41, 5.74) is -1.08. The van der Waals surface area contributed by atoms with Crippen LogP contribution >= 0.6 is 0 Å². The van der Waals surface area contributed by atoms with Gasteiger partial charge >= 0.3 is 5.97 Å². The molecule has 1 aliphatic rings. The normalized spacial score (nSPS) is 18.4. The van der Waals surface area contributed by atoms with Crippen molar-refractivity contribution in [3.8, 4) is 5.75 Å². The van der Waals surface area contributed by atoms with Crippen molar-refractivity contribution in [2.75, 3.05) is 12.4 Å². The smallest absolute Gasteiger partial charge is 0.315 e. The standard InChI is InChI=1S/C12H14N2O4/c1-12(2,11(16)17-3)8-10(15)14-9-7(18-8)5-4-6-13-9/h4-6,8H,1-3H3,(H,13,14,15). The minimum atomic E-state index is -1.08. The highest BCUT2D eigenvalue weighted by Gasteiger charge is 2.46. The maximum atomic E-state index is 11.9. The Kier molecular flexibility index (Phi) is 2.94. The third-order valence-corrected chi connectivity index (χ3v) is 2.86. The van der Waals surface area contributed by atoms with Crippen LogP contribution in [-0.4, -0.2) is 30.1 Å². The zero-order valence-electron chi connectivity index (χ0n) is 10.4. The number of esters is 1. The molecular formula is C12H14N2O4. The third kappa shape index (κ3) is 1.90. The molecule has 0 spiro atoms. The number of ether oxygens (including phenoxy) is 2. The molecule has 0 aliphatic carbocycles. The van der Waals surface area contributed by atoms with Crippen LogP contribution in [0.2, 0.25) is 0 Å². The number of aromatic nitrogens is 1. The molecule has 1 aromatic heterocycles. The van der Waals surface area contributed by atoms with Crippen LogP contribution in [0.25, 0.3) is 0 Å². The van der Waals surface area contributed by atoms with Crippen LogP contribution in [0.1, 0.15) is 13.8 Å². The van der Waals surface area contributed by atoms with Gasteiger partial charge in [0.25, 0.3) is 5.91 Å². The first-order valence-corrected chi connectivity index (χ1v) is 5.47. The van der Waals surface area contributed by atoms with Crippen molar-refractivity contribution in [3.63, 3.8) is 0 Å². The fraction of sp³-hybridized carbons (Fsp3) is 0.417. The molecule has 0 saturated carbocycles. The maximum Gasteiger partial charge on any atom is 0.315 e. The number of fused-ring (bicyclic) bond motifs is 1. The first kappa shape index (κ1) is 12.3. The van der Waals surface area contributed by atoms with Crippen molar-refractivity contribution in [2.45, 2.75) is 20.0 Å². The van der Waals surface area contributed by atoms with Gasteiger partial charge in [-0.15, -0.1) is 0 Å². The largest absolute Gasteiger partial charge is 0.475 e. The summed E-state index contributed by atoms with van der Waals surface area (Å²) >= 11 is 0. The van der Waals surface area contributed by atoms with Gasteiger partial charge in [-0.3, -0.25) is 9.59 Å². The van der Waals surface area contributed by atoms with E-state index in [1.807, 2.05) is 0 Å². The Hall–Kier alpha value is -2.11. The summed E-state index contributed by atoms with van der Waals surface area (Å²) in [5, 5.41) is 2.61. The highest BCUT2D eigenvalue weighted by Crippen LogP contribution is 2.34. The van der Waals surface area contributed by atoms with Crippen molar-refractivity contribution in [1.29, 1.82) is 0 Å². The van der Waals surface area contributed by atoms with E-state index in [9.17, 15) is 9.59 Å². The van der Waals surface area contributed by atoms with Crippen molar-refractivity contribution in [1.82, 2.24) is 4.98 Å². The average Bonchev–Trinajstić information content (AvgIpc) is 2.36. The fourth-order valence-corrected chi connectivity index (χ4v) is 1.79. The summed E-state index contributed by atoms with van der Waals surface area (Å²) in [6.07, 6.45) is 0.607. The van der Waals surface area contributed by atoms with Gasteiger partial charge in [0.15, 0.2) is 17.7 Å². The monoisotopic (exact) mass is 250 g/mol. The molecular weight excluding hydrogens is 236 g/mol. The number of carbonyl (C=O) groups is 2. The topological polar surface area (TPSA) is 77.5 Å². The SMILES string of the molecule is COC(=O)C(C)(C)C1Oc2cccnc2NC1=O. The van der Waals surface area contributed by atoms with E-state index in [4.69, 9.17) is 4.74 Å². The number of rotatable bonds is 2. The van der Waals surface area contributed by atoms with Gasteiger partial charge < -0.3 is 14.8 Å². The van der Waals surface area contributed by atoms with Crippen LogP contribution in [0.3, 0.4) is 0 Å². The third-order valence-electron chi connectivity index (χ3n) is 2.86. The predicted octanol–water partition coefficient (Wildman–Crippen LogP) is 0.980. The Bertz CT molecular complexity index is 499. The Morgan fingerprint density at radius 2 is 2.28 bits per heavy atom. The number of hydrogen-bond donors (Lipinski definition) is 1. The van der Waals surface area contributed by atoms with E-state index in [0.717, 1.165) is 0 Å². The molecule has 1 aromatic rings. The number of amides is 1. The summed E-state index contributed by atoms with van der Waals surface area (Å²) in [5.74, 6) is -0.106. The molecule has 0 aromatic carbocycles. The molecule has 1 aliphatic heterocycles. The lowest BCUT2D eigenvalue weighted by molar-refractivity contribution is -0.159. The maximum absolute atomic E-state index is 11.9. The van der Waals surface area contributed by atoms with Gasteiger partial charge in [0.05, 0.1) is 7.11 Å². The minimum absolute atomic E-state index is 0.361. The van der Waals surface area contributed by atoms with Crippen molar-refractivity contribution >= 4 is 17.7 Å². The number of methoxy groups -OCH3 is 1. The number of pyridine rings is 1. The Balaban J connectivity index is 2.32. The van der Waals surface area contributed by atoms with Crippen LogP contribution in [0, 0.1) is 5.41 Å². The van der Waals surface area contributed by atoms with Gasteiger partial charge in [-0.05, 0) is 26.0 Å². The summed E-state index contributed by atoms with van der Waals surface area (Å²) in [6, 6.07) is 3.38. The molecule has 1 unspecified atom stereocenters. The highest BCUT2D eigenvalue weighted by atomic mass is 16.5. The molecule has 1 amide bonds. The first-order valence-electron chi connectivity index (χ1n) is 5.47. The summed E-state index contributed by atoms with van der Waals surface area (Å²) in [4.78, 5) is 27.6. The number of carbonyl (C=O) groups excluding carboxylic acids is 2. The Morgan fingerprint density at radius 1 is 1.56 bits per heavy atom. The lowest BCUT2D eigenvalue weighted by atomic mass is 9.85. The number of hydrogen-bond acceptors (Lipinski definition) is 5. The number of nitrogens with zero attached hydrogens (tertiary/aromatic N) is 1. The predicted molar refractivity (Wildman–Crippen MR) is 63.1 cm³/mol. The molecule has 2 heterocycles. The lowest BCUT2D eigenvalue weighted by Gasteiger charge is -2.33. The molecule has 1 atom stereocenters. The molecule has 18 heavy (non-hydrogen) atoms. The fourth-order valence-electron chi connectivity index (χ4n) is 1.79. The second-order valence-corrected chi connectivity index (χ2v) is 4.55. The van der Waals surface area contributed by atoms with Crippen molar-refractivity contribution < 1.29 is 19.1 Å². The van der Waals surface area contributed by atoms with E-state index in [0.29, 0.717) is 11.6 Å². The minimum Gasteiger partial charge on any atom is -0.475 e. The number of nitrogens with one attached hydrogen (secondary N) is 1. The van der Waals surface area contributed by atoms with Crippen LogP contribution in [0.5, 0.6) is 5.75 Å². The molecule has 96 valence electrons. The quantitative estimate of drug-likeness (QED) is 0.792. The second kappa shape index (κ2) is 4.29. The van der Waals surface area contributed by atoms with Gasteiger partial charge in [0.1, 0.15) is 5.41 Å². The van der Waals surface area contributed by atoms with E-state index < -0.39 is 23.4 Å². The zero-order valence-corrected chi connectivity index (χ0v) is 10.4. The zero-order chi connectivity index (χ0) is 13.3. The van der Waals surface area contributed by atoms with Gasteiger partial charge in [-0.2, -0.15) is 0 Å². The van der Waals surface area contributed by atoms with E-state index >= 15 is 0 Å². The first-order chi connectivity index (χ1) is 8.46. The van der Waals surface area contributed by atoms with Crippen LogP contribution < -0.4 is 10.1 Å². The van der Waals surface area contributed by atoms with Gasteiger partial charge in [0.2, 0.25) is 0 Å². The molecule has 0 radical (unpaired) electrons. The second-order valence-electron chi connectivity index (χ2n) is 4.55. The summed E-state index contributed by atoms with van der Waals surface area (Å²) in [7, 11) is 1.28. The average molecular weight is 250 g/mol. The summed E-state index contributed by atoms with van der Waals surface area (Å²) in [6.45, 7) is 3.20. The molecule has 6 nitrogen and oxygen atoms in total. The van der Waals surface area contributed by atoms with E-state index in [1.165, 1.54) is 7.11 Å². The van der Waals surface area contributed by atoms with Crippen molar-refractivity contribution in [2.24, 2.45) is 5.41 Å². The number of anilines is 1.